The maximum Gasteiger partial charge on any atom is 0.356 e. The third-order valence-corrected chi connectivity index (χ3v) is 1.97. The number of rotatable bonds is 9. The number of methoxy groups -OCH3 is 1. The second-order valence-corrected chi connectivity index (χ2v) is 3.37. The van der Waals surface area contributed by atoms with E-state index in [2.05, 4.69) is 10.2 Å². The minimum absolute atomic E-state index is 0.106. The molecule has 7 heteroatoms. The summed E-state index contributed by atoms with van der Waals surface area (Å²) in [4.78, 5) is 10.5. The van der Waals surface area contributed by atoms with Crippen LogP contribution in [0, 0.1) is 0 Å². The van der Waals surface area contributed by atoms with E-state index in [9.17, 15) is 4.79 Å². The molecule has 0 saturated heterocycles. The van der Waals surface area contributed by atoms with Gasteiger partial charge in [-0.15, -0.1) is 10.2 Å². The summed E-state index contributed by atoms with van der Waals surface area (Å²) in [5.74, 6) is -0.808. The Labute approximate surface area is 105 Å². The normalized spacial score (nSPS) is 10.3. The van der Waals surface area contributed by atoms with Gasteiger partial charge in [-0.3, -0.25) is 0 Å². The number of hydrogen-bond acceptors (Lipinski definition) is 6. The number of carboxylic acids is 1. The smallest absolute Gasteiger partial charge is 0.356 e. The molecule has 0 saturated carbocycles. The Balaban J connectivity index is 2.14. The van der Waals surface area contributed by atoms with Crippen molar-refractivity contribution in [2.24, 2.45) is 0 Å². The first-order valence-electron chi connectivity index (χ1n) is 5.50. The predicted molar refractivity (Wildman–Crippen MR) is 61.8 cm³/mol. The molecule has 0 unspecified atom stereocenters. The van der Waals surface area contributed by atoms with E-state index < -0.39 is 5.97 Å². The summed E-state index contributed by atoms with van der Waals surface area (Å²) in [5.41, 5.74) is -0.106. The van der Waals surface area contributed by atoms with Crippen LogP contribution in [0.25, 0.3) is 0 Å². The molecule has 0 atom stereocenters. The molecular weight excluding hydrogens is 240 g/mol. The summed E-state index contributed by atoms with van der Waals surface area (Å²) in [7, 11) is 1.62. The van der Waals surface area contributed by atoms with Crippen LogP contribution in [-0.4, -0.2) is 54.8 Å². The molecule has 1 aromatic heterocycles. The molecule has 7 nitrogen and oxygen atoms in total. The summed E-state index contributed by atoms with van der Waals surface area (Å²) in [6, 6.07) is 2.82. The summed E-state index contributed by atoms with van der Waals surface area (Å²) in [6.45, 7) is 2.14. The quantitative estimate of drug-likeness (QED) is 0.647. The van der Waals surface area contributed by atoms with E-state index in [1.54, 1.807) is 7.11 Å². The van der Waals surface area contributed by atoms with Gasteiger partial charge in [0.25, 0.3) is 0 Å². The molecule has 0 aromatic carbocycles. The average Bonchev–Trinajstić information content (AvgIpc) is 2.38. The van der Waals surface area contributed by atoms with Crippen LogP contribution in [0.5, 0.6) is 5.88 Å². The van der Waals surface area contributed by atoms with Crippen LogP contribution in [0.1, 0.15) is 16.9 Å². The van der Waals surface area contributed by atoms with E-state index in [1.807, 2.05) is 0 Å². The number of ether oxygens (including phenoxy) is 3. The lowest BCUT2D eigenvalue weighted by Gasteiger charge is -2.05. The van der Waals surface area contributed by atoms with Crippen LogP contribution < -0.4 is 4.74 Å². The predicted octanol–water partition coefficient (Wildman–Crippen LogP) is 0.607. The number of nitrogens with zero attached hydrogens (tertiary/aromatic N) is 2. The standard InChI is InChI=1S/C11H16N2O5/c1-16-7-8-17-5-2-6-18-10-4-3-9(11(14)15)12-13-10/h3-4H,2,5-8H2,1H3,(H,14,15). The molecular formula is C11H16N2O5. The van der Waals surface area contributed by atoms with E-state index in [-0.39, 0.29) is 5.69 Å². The molecule has 100 valence electrons. The van der Waals surface area contributed by atoms with E-state index in [0.29, 0.717) is 38.7 Å². The Morgan fingerprint density at radius 2 is 2.06 bits per heavy atom. The lowest BCUT2D eigenvalue weighted by Crippen LogP contribution is -2.08. The summed E-state index contributed by atoms with van der Waals surface area (Å²) < 4.78 is 15.3. The zero-order valence-corrected chi connectivity index (χ0v) is 10.2. The second-order valence-electron chi connectivity index (χ2n) is 3.37. The molecule has 1 aromatic rings. The Kier molecular flexibility index (Phi) is 6.67. The van der Waals surface area contributed by atoms with Gasteiger partial charge in [-0.05, 0) is 6.07 Å². The minimum atomic E-state index is -1.11. The van der Waals surface area contributed by atoms with Crippen molar-refractivity contribution in [1.29, 1.82) is 0 Å². The monoisotopic (exact) mass is 256 g/mol. The SMILES string of the molecule is COCCOCCCOc1ccc(C(=O)O)nn1. The number of carbonyl (C=O) groups is 1. The first kappa shape index (κ1) is 14.3. The largest absolute Gasteiger partial charge is 0.477 e. The highest BCUT2D eigenvalue weighted by molar-refractivity contribution is 5.84. The fourth-order valence-electron chi connectivity index (χ4n) is 1.09. The number of carboxylic acid groups (broad SMARTS) is 1. The second kappa shape index (κ2) is 8.37. The minimum Gasteiger partial charge on any atom is -0.477 e. The van der Waals surface area contributed by atoms with Crippen molar-refractivity contribution in [2.75, 3.05) is 33.5 Å². The van der Waals surface area contributed by atoms with Gasteiger partial charge in [-0.2, -0.15) is 0 Å². The van der Waals surface area contributed by atoms with Gasteiger partial charge in [0.15, 0.2) is 5.69 Å². The third kappa shape index (κ3) is 5.55. The molecule has 0 aliphatic rings. The van der Waals surface area contributed by atoms with Crippen molar-refractivity contribution in [3.63, 3.8) is 0 Å². The molecule has 1 heterocycles. The van der Waals surface area contributed by atoms with Crippen LogP contribution in [0.2, 0.25) is 0 Å². The molecule has 0 amide bonds. The summed E-state index contributed by atoms with van der Waals surface area (Å²) in [5, 5.41) is 15.8. The zero-order valence-electron chi connectivity index (χ0n) is 10.2. The lowest BCUT2D eigenvalue weighted by molar-refractivity contribution is 0.0641. The molecule has 0 bridgehead atoms. The fourth-order valence-corrected chi connectivity index (χ4v) is 1.09. The van der Waals surface area contributed by atoms with Gasteiger partial charge in [-0.1, -0.05) is 0 Å². The molecule has 0 fully saturated rings. The fraction of sp³-hybridized carbons (Fsp3) is 0.545. The molecule has 0 spiro atoms. The Morgan fingerprint density at radius 3 is 2.67 bits per heavy atom. The van der Waals surface area contributed by atoms with E-state index >= 15 is 0 Å². The highest BCUT2D eigenvalue weighted by Gasteiger charge is 2.05. The van der Waals surface area contributed by atoms with Gasteiger partial charge in [0, 0.05) is 26.2 Å². The molecule has 0 aliphatic carbocycles. The van der Waals surface area contributed by atoms with Crippen LogP contribution in [0.4, 0.5) is 0 Å². The van der Waals surface area contributed by atoms with Crippen LogP contribution >= 0.6 is 0 Å². The van der Waals surface area contributed by atoms with Gasteiger partial charge in [0.2, 0.25) is 5.88 Å². The molecule has 1 N–H and O–H groups in total. The average molecular weight is 256 g/mol. The van der Waals surface area contributed by atoms with Crippen molar-refractivity contribution >= 4 is 5.97 Å². The highest BCUT2D eigenvalue weighted by atomic mass is 16.5. The third-order valence-electron chi connectivity index (χ3n) is 1.97. The topological polar surface area (TPSA) is 90.8 Å². The van der Waals surface area contributed by atoms with Gasteiger partial charge >= 0.3 is 5.97 Å². The Morgan fingerprint density at radius 1 is 1.22 bits per heavy atom. The number of aromatic nitrogens is 2. The Hall–Kier alpha value is -1.73. The Bertz CT molecular complexity index is 355. The van der Waals surface area contributed by atoms with Crippen LogP contribution in [0.3, 0.4) is 0 Å². The highest BCUT2D eigenvalue weighted by Crippen LogP contribution is 2.05. The first-order chi connectivity index (χ1) is 8.74. The van der Waals surface area contributed by atoms with Crippen molar-refractivity contribution in [3.05, 3.63) is 17.8 Å². The molecule has 1 rings (SSSR count). The van der Waals surface area contributed by atoms with Crippen LogP contribution in [-0.2, 0) is 9.47 Å². The van der Waals surface area contributed by atoms with E-state index in [4.69, 9.17) is 19.3 Å². The van der Waals surface area contributed by atoms with E-state index in [0.717, 1.165) is 0 Å². The maximum absolute atomic E-state index is 10.5. The molecule has 18 heavy (non-hydrogen) atoms. The van der Waals surface area contributed by atoms with Gasteiger partial charge in [0.1, 0.15) is 0 Å². The number of aromatic carboxylic acids is 1. The van der Waals surface area contributed by atoms with Gasteiger partial charge in [0.05, 0.1) is 19.8 Å². The van der Waals surface area contributed by atoms with Crippen molar-refractivity contribution in [2.45, 2.75) is 6.42 Å². The first-order valence-corrected chi connectivity index (χ1v) is 5.50. The van der Waals surface area contributed by atoms with Gasteiger partial charge < -0.3 is 19.3 Å². The number of hydrogen-bond donors (Lipinski definition) is 1. The van der Waals surface area contributed by atoms with Crippen LogP contribution in [0.15, 0.2) is 12.1 Å². The van der Waals surface area contributed by atoms with E-state index in [1.165, 1.54) is 12.1 Å². The summed E-state index contributed by atoms with van der Waals surface area (Å²) in [6.07, 6.45) is 0.714. The maximum atomic E-state index is 10.5. The summed E-state index contributed by atoms with van der Waals surface area (Å²) >= 11 is 0. The van der Waals surface area contributed by atoms with Crippen molar-refractivity contribution < 1.29 is 24.1 Å². The van der Waals surface area contributed by atoms with Crippen molar-refractivity contribution in [3.8, 4) is 5.88 Å². The zero-order chi connectivity index (χ0) is 13.2. The van der Waals surface area contributed by atoms with Gasteiger partial charge in [-0.25, -0.2) is 4.79 Å². The molecule has 0 radical (unpaired) electrons. The lowest BCUT2D eigenvalue weighted by atomic mass is 10.4. The molecule has 0 aliphatic heterocycles. The van der Waals surface area contributed by atoms with Crippen molar-refractivity contribution in [1.82, 2.24) is 10.2 Å².